The SMILES string of the molecule is Cc1nc(NC(=O)c2ccccc2)nc(NC(=O)c2ccccc2)n1. The van der Waals surface area contributed by atoms with Gasteiger partial charge in [0.25, 0.3) is 11.8 Å². The normalized spacial score (nSPS) is 10.1. The lowest BCUT2D eigenvalue weighted by Crippen LogP contribution is -2.18. The zero-order valence-corrected chi connectivity index (χ0v) is 13.4. The third-order valence-electron chi connectivity index (χ3n) is 3.27. The summed E-state index contributed by atoms with van der Waals surface area (Å²) in [6.07, 6.45) is 0. The molecule has 0 bridgehead atoms. The van der Waals surface area contributed by atoms with Crippen molar-refractivity contribution in [3.05, 3.63) is 77.6 Å². The largest absolute Gasteiger partial charge is 0.290 e. The molecule has 0 saturated carbocycles. The fraction of sp³-hybridized carbons (Fsp3) is 0.0556. The molecule has 1 heterocycles. The molecule has 25 heavy (non-hydrogen) atoms. The van der Waals surface area contributed by atoms with Gasteiger partial charge in [-0.1, -0.05) is 36.4 Å². The van der Waals surface area contributed by atoms with Crippen LogP contribution in [0.15, 0.2) is 60.7 Å². The standard InChI is InChI=1S/C18H15N5O2/c1-12-19-17(21-15(24)13-8-4-2-5-9-13)23-18(20-12)22-16(25)14-10-6-3-7-11-14/h2-11H,1H3,(H2,19,20,21,22,23,24,25). The van der Waals surface area contributed by atoms with Gasteiger partial charge in [-0.05, 0) is 31.2 Å². The summed E-state index contributed by atoms with van der Waals surface area (Å²) in [6.45, 7) is 1.65. The second kappa shape index (κ2) is 7.31. The Labute approximate surface area is 144 Å². The van der Waals surface area contributed by atoms with E-state index in [0.29, 0.717) is 17.0 Å². The van der Waals surface area contributed by atoms with Crippen LogP contribution in [-0.4, -0.2) is 26.8 Å². The van der Waals surface area contributed by atoms with Gasteiger partial charge in [0.2, 0.25) is 11.9 Å². The molecule has 2 N–H and O–H groups in total. The Hall–Kier alpha value is -3.61. The Morgan fingerprint density at radius 2 is 1.08 bits per heavy atom. The van der Waals surface area contributed by atoms with Crippen LogP contribution in [0.1, 0.15) is 26.5 Å². The number of nitrogens with one attached hydrogen (secondary N) is 2. The minimum Gasteiger partial charge on any atom is -0.290 e. The maximum atomic E-state index is 12.2. The molecule has 0 fully saturated rings. The summed E-state index contributed by atoms with van der Waals surface area (Å²) >= 11 is 0. The smallest absolute Gasteiger partial charge is 0.258 e. The Bertz CT molecular complexity index is 826. The van der Waals surface area contributed by atoms with Gasteiger partial charge in [0, 0.05) is 11.1 Å². The zero-order valence-electron chi connectivity index (χ0n) is 13.4. The van der Waals surface area contributed by atoms with Crippen LogP contribution in [0.3, 0.4) is 0 Å². The fourth-order valence-electron chi connectivity index (χ4n) is 2.12. The predicted molar refractivity (Wildman–Crippen MR) is 93.4 cm³/mol. The first kappa shape index (κ1) is 16.3. The molecule has 7 nitrogen and oxygen atoms in total. The lowest BCUT2D eigenvalue weighted by Gasteiger charge is -2.08. The molecular formula is C18H15N5O2. The van der Waals surface area contributed by atoms with Gasteiger partial charge in [-0.2, -0.15) is 15.0 Å². The minimum absolute atomic E-state index is 0.0738. The van der Waals surface area contributed by atoms with Crippen LogP contribution in [0.2, 0.25) is 0 Å². The van der Waals surface area contributed by atoms with Crippen molar-refractivity contribution in [1.29, 1.82) is 0 Å². The van der Waals surface area contributed by atoms with Crippen LogP contribution in [0.25, 0.3) is 0 Å². The summed E-state index contributed by atoms with van der Waals surface area (Å²) in [5.41, 5.74) is 0.964. The lowest BCUT2D eigenvalue weighted by molar-refractivity contribution is 0.101. The number of amides is 2. The first-order chi connectivity index (χ1) is 12.1. The number of nitrogens with zero attached hydrogens (tertiary/aromatic N) is 3. The minimum atomic E-state index is -0.341. The van der Waals surface area contributed by atoms with Crippen molar-refractivity contribution in [1.82, 2.24) is 15.0 Å². The Balaban J connectivity index is 1.76. The van der Waals surface area contributed by atoms with E-state index in [1.165, 1.54) is 0 Å². The second-order valence-corrected chi connectivity index (χ2v) is 5.17. The monoisotopic (exact) mass is 333 g/mol. The van der Waals surface area contributed by atoms with Gasteiger partial charge in [0.15, 0.2) is 0 Å². The van der Waals surface area contributed by atoms with Crippen LogP contribution in [0, 0.1) is 6.92 Å². The van der Waals surface area contributed by atoms with Crippen LogP contribution in [-0.2, 0) is 0 Å². The average molecular weight is 333 g/mol. The number of aromatic nitrogens is 3. The predicted octanol–water partition coefficient (Wildman–Crippen LogP) is 2.68. The Morgan fingerprint density at radius 3 is 1.48 bits per heavy atom. The summed E-state index contributed by atoms with van der Waals surface area (Å²) in [7, 11) is 0. The average Bonchev–Trinajstić information content (AvgIpc) is 2.62. The van der Waals surface area contributed by atoms with Crippen LogP contribution >= 0.6 is 0 Å². The third kappa shape index (κ3) is 4.23. The van der Waals surface area contributed by atoms with E-state index >= 15 is 0 Å². The number of hydrogen-bond acceptors (Lipinski definition) is 5. The Kier molecular flexibility index (Phi) is 4.75. The molecule has 0 spiro atoms. The van der Waals surface area contributed by atoms with Crippen molar-refractivity contribution >= 4 is 23.7 Å². The third-order valence-corrected chi connectivity index (χ3v) is 3.27. The highest BCUT2D eigenvalue weighted by molar-refractivity contribution is 6.04. The van der Waals surface area contributed by atoms with Crippen molar-refractivity contribution < 1.29 is 9.59 Å². The molecule has 0 unspecified atom stereocenters. The molecule has 124 valence electrons. The molecule has 0 radical (unpaired) electrons. The zero-order chi connectivity index (χ0) is 17.6. The first-order valence-electron chi connectivity index (χ1n) is 7.57. The van der Waals surface area contributed by atoms with E-state index in [9.17, 15) is 9.59 Å². The van der Waals surface area contributed by atoms with Gasteiger partial charge >= 0.3 is 0 Å². The highest BCUT2D eigenvalue weighted by atomic mass is 16.2. The number of hydrogen-bond donors (Lipinski definition) is 2. The Morgan fingerprint density at radius 1 is 0.680 bits per heavy atom. The highest BCUT2D eigenvalue weighted by Crippen LogP contribution is 2.09. The van der Waals surface area contributed by atoms with Gasteiger partial charge in [-0.3, -0.25) is 20.2 Å². The first-order valence-corrected chi connectivity index (χ1v) is 7.57. The number of carbonyl (C=O) groups excluding carboxylic acids is 2. The van der Waals surface area contributed by atoms with E-state index in [4.69, 9.17) is 0 Å². The summed E-state index contributed by atoms with van der Waals surface area (Å²) in [4.78, 5) is 36.6. The number of aryl methyl sites for hydroxylation is 1. The summed E-state index contributed by atoms with van der Waals surface area (Å²) in [5, 5.41) is 5.20. The highest BCUT2D eigenvalue weighted by Gasteiger charge is 2.12. The molecule has 3 rings (SSSR count). The van der Waals surface area contributed by atoms with E-state index in [0.717, 1.165) is 0 Å². The quantitative estimate of drug-likeness (QED) is 0.765. The van der Waals surface area contributed by atoms with Gasteiger partial charge < -0.3 is 0 Å². The summed E-state index contributed by atoms with van der Waals surface area (Å²) < 4.78 is 0. The molecule has 3 aromatic rings. The van der Waals surface area contributed by atoms with Crippen molar-refractivity contribution in [2.75, 3.05) is 10.6 Å². The molecule has 0 aliphatic heterocycles. The maximum absolute atomic E-state index is 12.2. The van der Waals surface area contributed by atoms with Crippen molar-refractivity contribution in [2.45, 2.75) is 6.92 Å². The number of benzene rings is 2. The van der Waals surface area contributed by atoms with Crippen LogP contribution < -0.4 is 10.6 Å². The van der Waals surface area contributed by atoms with Gasteiger partial charge in [0.05, 0.1) is 0 Å². The van der Waals surface area contributed by atoms with E-state index in [-0.39, 0.29) is 23.7 Å². The molecule has 2 aromatic carbocycles. The molecule has 0 atom stereocenters. The van der Waals surface area contributed by atoms with Crippen LogP contribution in [0.4, 0.5) is 11.9 Å². The molecule has 0 aliphatic carbocycles. The molecule has 7 heteroatoms. The molecule has 2 amide bonds. The second-order valence-electron chi connectivity index (χ2n) is 5.17. The van der Waals surface area contributed by atoms with Crippen LogP contribution in [0.5, 0.6) is 0 Å². The molecular weight excluding hydrogens is 318 g/mol. The van der Waals surface area contributed by atoms with Crippen molar-refractivity contribution in [2.24, 2.45) is 0 Å². The summed E-state index contributed by atoms with van der Waals surface area (Å²) in [6, 6.07) is 17.4. The van der Waals surface area contributed by atoms with Gasteiger partial charge in [0.1, 0.15) is 5.82 Å². The lowest BCUT2D eigenvalue weighted by atomic mass is 10.2. The van der Waals surface area contributed by atoms with E-state index < -0.39 is 0 Å². The van der Waals surface area contributed by atoms with Crippen molar-refractivity contribution in [3.8, 4) is 0 Å². The molecule has 0 aliphatic rings. The topological polar surface area (TPSA) is 96.9 Å². The number of rotatable bonds is 4. The molecule has 0 saturated heterocycles. The van der Waals surface area contributed by atoms with E-state index in [2.05, 4.69) is 25.6 Å². The van der Waals surface area contributed by atoms with Gasteiger partial charge in [-0.15, -0.1) is 0 Å². The van der Waals surface area contributed by atoms with Gasteiger partial charge in [-0.25, -0.2) is 0 Å². The number of carbonyl (C=O) groups is 2. The van der Waals surface area contributed by atoms with E-state index in [1.54, 1.807) is 55.5 Å². The molecule has 1 aromatic heterocycles. The summed E-state index contributed by atoms with van der Waals surface area (Å²) in [5.74, 6) is -0.158. The maximum Gasteiger partial charge on any atom is 0.258 e. The van der Waals surface area contributed by atoms with E-state index in [1.807, 2.05) is 12.1 Å². The van der Waals surface area contributed by atoms with Crippen molar-refractivity contribution in [3.63, 3.8) is 0 Å². The number of anilines is 2. The fourth-order valence-corrected chi connectivity index (χ4v) is 2.12.